The van der Waals surface area contributed by atoms with E-state index in [2.05, 4.69) is 9.71 Å². The summed E-state index contributed by atoms with van der Waals surface area (Å²) in [6, 6.07) is 10.2. The fraction of sp³-hybridized carbons (Fsp3) is 0.333. The van der Waals surface area contributed by atoms with Crippen molar-refractivity contribution in [2.45, 2.75) is 31.3 Å². The summed E-state index contributed by atoms with van der Waals surface area (Å²) in [6.45, 7) is 3.85. The summed E-state index contributed by atoms with van der Waals surface area (Å²) in [4.78, 5) is 19.1. The number of likely N-dealkylation sites (N-methyl/N-ethyl adjacent to an activating group) is 1. The van der Waals surface area contributed by atoms with Gasteiger partial charge < -0.3 is 9.64 Å². The standard InChI is InChI=1S/C21H24FN3O4S/c1-13(2)19(23-20-15-7-5-6-8-18(15)30(27,28)24-20)21(26)25(3)12-14-9-10-17(29-4)16(22)11-14/h5-11,13,19H,12H2,1-4H3,(H,23,24)/t19-/m0/s1. The highest BCUT2D eigenvalue weighted by Crippen LogP contribution is 2.24. The maximum atomic E-state index is 14.0. The largest absolute Gasteiger partial charge is 0.494 e. The average molecular weight is 434 g/mol. The number of amides is 1. The molecule has 0 bridgehead atoms. The molecule has 0 saturated carbocycles. The van der Waals surface area contributed by atoms with Gasteiger partial charge in [0.15, 0.2) is 11.6 Å². The van der Waals surface area contributed by atoms with Crippen LogP contribution in [0.2, 0.25) is 0 Å². The third kappa shape index (κ3) is 4.30. The molecular formula is C21H24FN3O4S. The Labute approximate surface area is 175 Å². The Balaban J connectivity index is 1.85. The quantitative estimate of drug-likeness (QED) is 0.758. The van der Waals surface area contributed by atoms with Crippen LogP contribution in [-0.4, -0.2) is 45.3 Å². The lowest BCUT2D eigenvalue weighted by Gasteiger charge is -2.24. The first kappa shape index (κ1) is 21.8. The van der Waals surface area contributed by atoms with Crippen LogP contribution in [0.1, 0.15) is 25.0 Å². The van der Waals surface area contributed by atoms with E-state index in [1.54, 1.807) is 31.3 Å². The Morgan fingerprint density at radius 2 is 1.93 bits per heavy atom. The van der Waals surface area contributed by atoms with Gasteiger partial charge in [0.05, 0.1) is 12.0 Å². The first-order valence-corrected chi connectivity index (χ1v) is 10.9. The van der Waals surface area contributed by atoms with E-state index in [0.717, 1.165) is 0 Å². The molecule has 30 heavy (non-hydrogen) atoms. The summed E-state index contributed by atoms with van der Waals surface area (Å²) < 4.78 is 45.9. The molecule has 7 nitrogen and oxygen atoms in total. The maximum absolute atomic E-state index is 14.0. The third-order valence-corrected chi connectivity index (χ3v) is 6.22. The van der Waals surface area contributed by atoms with E-state index in [1.165, 1.54) is 30.2 Å². The smallest absolute Gasteiger partial charge is 0.263 e. The van der Waals surface area contributed by atoms with Crippen LogP contribution in [0.4, 0.5) is 4.39 Å². The van der Waals surface area contributed by atoms with Crippen molar-refractivity contribution in [1.82, 2.24) is 9.62 Å². The number of methoxy groups -OCH3 is 1. The van der Waals surface area contributed by atoms with E-state index in [1.807, 2.05) is 13.8 Å². The highest BCUT2D eigenvalue weighted by atomic mass is 32.2. The zero-order chi connectivity index (χ0) is 22.1. The van der Waals surface area contributed by atoms with Gasteiger partial charge >= 0.3 is 0 Å². The Morgan fingerprint density at radius 1 is 1.23 bits per heavy atom. The van der Waals surface area contributed by atoms with Crippen molar-refractivity contribution in [3.8, 4) is 5.75 Å². The fourth-order valence-electron chi connectivity index (χ4n) is 3.24. The monoisotopic (exact) mass is 433 g/mol. The number of halogens is 1. The molecule has 1 aliphatic rings. The van der Waals surface area contributed by atoms with Gasteiger partial charge in [-0.1, -0.05) is 32.0 Å². The summed E-state index contributed by atoms with van der Waals surface area (Å²) in [5.74, 6) is -0.698. The normalized spacial score (nSPS) is 16.8. The van der Waals surface area contributed by atoms with Gasteiger partial charge in [0, 0.05) is 19.2 Å². The van der Waals surface area contributed by atoms with E-state index in [4.69, 9.17) is 4.74 Å². The molecule has 1 N–H and O–H groups in total. The van der Waals surface area contributed by atoms with Crippen molar-refractivity contribution in [2.75, 3.05) is 14.2 Å². The predicted octanol–water partition coefficient (Wildman–Crippen LogP) is 2.56. The number of carbonyl (C=O) groups is 1. The lowest BCUT2D eigenvalue weighted by molar-refractivity contribution is -0.132. The van der Waals surface area contributed by atoms with Gasteiger partial charge in [-0.25, -0.2) is 12.8 Å². The van der Waals surface area contributed by atoms with Crippen LogP contribution in [0.25, 0.3) is 0 Å². The number of nitrogens with zero attached hydrogens (tertiary/aromatic N) is 2. The van der Waals surface area contributed by atoms with Crippen LogP contribution in [0.5, 0.6) is 5.75 Å². The second kappa shape index (κ2) is 8.43. The lowest BCUT2D eigenvalue weighted by Crippen LogP contribution is -2.39. The Bertz CT molecular complexity index is 1100. The minimum Gasteiger partial charge on any atom is -0.494 e. The van der Waals surface area contributed by atoms with Gasteiger partial charge in [0.2, 0.25) is 5.91 Å². The number of benzene rings is 2. The molecule has 0 radical (unpaired) electrons. The summed E-state index contributed by atoms with van der Waals surface area (Å²) in [6.07, 6.45) is 0. The minimum atomic E-state index is -3.69. The number of ether oxygens (including phenoxy) is 1. The Kier molecular flexibility index (Phi) is 6.12. The number of carbonyl (C=O) groups excluding carboxylic acids is 1. The van der Waals surface area contributed by atoms with Crippen molar-refractivity contribution >= 4 is 21.8 Å². The molecule has 0 spiro atoms. The molecule has 0 aliphatic carbocycles. The lowest BCUT2D eigenvalue weighted by atomic mass is 10.0. The molecule has 9 heteroatoms. The molecule has 1 atom stereocenters. The van der Waals surface area contributed by atoms with Crippen molar-refractivity contribution in [3.05, 3.63) is 59.4 Å². The number of sulfonamides is 1. The second-order valence-electron chi connectivity index (χ2n) is 7.43. The van der Waals surface area contributed by atoms with Crippen molar-refractivity contribution in [3.63, 3.8) is 0 Å². The van der Waals surface area contributed by atoms with Gasteiger partial charge in [-0.2, -0.15) is 0 Å². The number of amidine groups is 1. The van der Waals surface area contributed by atoms with Gasteiger partial charge in [-0.05, 0) is 35.7 Å². The van der Waals surface area contributed by atoms with Gasteiger partial charge in [-0.3, -0.25) is 14.5 Å². The molecule has 3 rings (SSSR count). The topological polar surface area (TPSA) is 88.1 Å². The number of aliphatic imine (C=N–C) groups is 1. The van der Waals surface area contributed by atoms with E-state index in [0.29, 0.717) is 11.1 Å². The molecule has 160 valence electrons. The van der Waals surface area contributed by atoms with Gasteiger partial charge in [0.1, 0.15) is 11.9 Å². The highest BCUT2D eigenvalue weighted by Gasteiger charge is 2.33. The molecule has 1 aliphatic heterocycles. The molecular weight excluding hydrogens is 409 g/mol. The Hall–Kier alpha value is -2.94. The maximum Gasteiger partial charge on any atom is 0.263 e. The number of hydrogen-bond acceptors (Lipinski definition) is 5. The predicted molar refractivity (Wildman–Crippen MR) is 111 cm³/mol. The Morgan fingerprint density at radius 3 is 2.57 bits per heavy atom. The zero-order valence-corrected chi connectivity index (χ0v) is 18.0. The van der Waals surface area contributed by atoms with Crippen LogP contribution in [0, 0.1) is 11.7 Å². The molecule has 0 fully saturated rings. The van der Waals surface area contributed by atoms with Crippen molar-refractivity contribution in [1.29, 1.82) is 0 Å². The van der Waals surface area contributed by atoms with Crippen LogP contribution in [0.3, 0.4) is 0 Å². The molecule has 0 saturated heterocycles. The molecule has 1 amide bonds. The number of rotatable bonds is 6. The third-order valence-electron chi connectivity index (χ3n) is 4.83. The van der Waals surface area contributed by atoms with E-state index >= 15 is 0 Å². The number of nitrogens with one attached hydrogen (secondary N) is 1. The number of hydrogen-bond donors (Lipinski definition) is 1. The first-order valence-electron chi connectivity index (χ1n) is 9.41. The van der Waals surface area contributed by atoms with Crippen LogP contribution in [0.15, 0.2) is 52.4 Å². The van der Waals surface area contributed by atoms with E-state index < -0.39 is 21.9 Å². The minimum absolute atomic E-state index is 0.131. The van der Waals surface area contributed by atoms with Crippen LogP contribution in [-0.2, 0) is 21.4 Å². The number of fused-ring (bicyclic) bond motifs is 1. The van der Waals surface area contributed by atoms with Gasteiger partial charge in [-0.15, -0.1) is 0 Å². The summed E-state index contributed by atoms with van der Waals surface area (Å²) in [7, 11) is -0.703. The molecule has 1 heterocycles. The average Bonchev–Trinajstić information content (AvgIpc) is 2.96. The highest BCUT2D eigenvalue weighted by molar-refractivity contribution is 7.90. The van der Waals surface area contributed by atoms with Crippen molar-refractivity contribution in [2.24, 2.45) is 10.9 Å². The van der Waals surface area contributed by atoms with Crippen LogP contribution >= 0.6 is 0 Å². The van der Waals surface area contributed by atoms with E-state index in [-0.39, 0.29) is 34.9 Å². The first-order chi connectivity index (χ1) is 14.1. The van der Waals surface area contributed by atoms with E-state index in [9.17, 15) is 17.6 Å². The van der Waals surface area contributed by atoms with Crippen LogP contribution < -0.4 is 9.46 Å². The fourth-order valence-corrected chi connectivity index (χ4v) is 4.48. The molecule has 0 aromatic heterocycles. The van der Waals surface area contributed by atoms with Crippen molar-refractivity contribution < 1.29 is 22.3 Å². The zero-order valence-electron chi connectivity index (χ0n) is 17.2. The summed E-state index contributed by atoms with van der Waals surface area (Å²) in [5, 5.41) is 0. The second-order valence-corrected chi connectivity index (χ2v) is 9.08. The van der Waals surface area contributed by atoms with Gasteiger partial charge in [0.25, 0.3) is 10.0 Å². The molecule has 2 aromatic rings. The SMILES string of the molecule is COc1ccc(CN(C)C(=O)[C@@H](N=C2NS(=O)(=O)c3ccccc32)C(C)C)cc1F. The summed E-state index contributed by atoms with van der Waals surface area (Å²) >= 11 is 0. The molecule has 2 aromatic carbocycles. The molecule has 0 unspecified atom stereocenters. The summed E-state index contributed by atoms with van der Waals surface area (Å²) in [5.41, 5.74) is 1.04.